The average Bonchev–Trinajstić information content (AvgIpc) is 3.20. The van der Waals surface area contributed by atoms with Gasteiger partial charge in [-0.05, 0) is 44.0 Å². The van der Waals surface area contributed by atoms with E-state index in [4.69, 9.17) is 4.52 Å². The molecule has 7 nitrogen and oxygen atoms in total. The summed E-state index contributed by atoms with van der Waals surface area (Å²) < 4.78 is 20.2. The number of carbonyl (C=O) groups is 1. The number of aromatic nitrogens is 4. The number of benzene rings is 1. The van der Waals surface area contributed by atoms with Crippen molar-refractivity contribution >= 4 is 5.91 Å². The van der Waals surface area contributed by atoms with E-state index in [0.29, 0.717) is 18.7 Å². The van der Waals surface area contributed by atoms with Gasteiger partial charge in [0.25, 0.3) is 17.6 Å². The number of nitrogens with one attached hydrogen (secondary N) is 1. The van der Waals surface area contributed by atoms with Gasteiger partial charge in [-0.25, -0.2) is 4.39 Å². The molecule has 0 saturated heterocycles. The lowest BCUT2D eigenvalue weighted by Gasteiger charge is -2.13. The van der Waals surface area contributed by atoms with Gasteiger partial charge in [0.1, 0.15) is 5.82 Å². The predicted octanol–water partition coefficient (Wildman–Crippen LogP) is 2.76. The third-order valence-corrected chi connectivity index (χ3v) is 3.90. The topological polar surface area (TPSA) is 85.8 Å². The molecule has 1 aromatic carbocycles. The van der Waals surface area contributed by atoms with Gasteiger partial charge in [-0.2, -0.15) is 10.1 Å². The number of hydrogen-bond donors (Lipinski definition) is 1. The molecule has 0 aliphatic heterocycles. The molecule has 1 amide bonds. The van der Waals surface area contributed by atoms with Crippen LogP contribution in [-0.2, 0) is 6.54 Å². The van der Waals surface area contributed by atoms with Crippen LogP contribution in [-0.4, -0.2) is 32.4 Å². The van der Waals surface area contributed by atoms with Crippen LogP contribution >= 0.6 is 0 Å². The number of aryl methyl sites for hydroxylation is 2. The first-order valence-electron chi connectivity index (χ1n) is 8.31. The minimum absolute atomic E-state index is 0.0809. The summed E-state index contributed by atoms with van der Waals surface area (Å²) in [6.45, 7) is 7.10. The normalized spacial score (nSPS) is 12.2. The van der Waals surface area contributed by atoms with Crippen molar-refractivity contribution in [3.63, 3.8) is 0 Å². The highest BCUT2D eigenvalue weighted by Gasteiger charge is 2.17. The molecule has 3 rings (SSSR count). The Hall–Kier alpha value is -3.03. The zero-order chi connectivity index (χ0) is 18.7. The van der Waals surface area contributed by atoms with Crippen LogP contribution in [0.25, 0.3) is 11.5 Å². The first-order chi connectivity index (χ1) is 12.4. The standard InChI is InChI=1S/C18H20FN5O2/c1-11(10-24-13(3)7-12(2)22-24)9-20-17(25)16-21-18(26-23-16)14-5-4-6-15(19)8-14/h4-8,11H,9-10H2,1-3H3,(H,20,25). The average molecular weight is 357 g/mol. The molecule has 0 fully saturated rings. The summed E-state index contributed by atoms with van der Waals surface area (Å²) >= 11 is 0. The highest BCUT2D eigenvalue weighted by atomic mass is 19.1. The van der Waals surface area contributed by atoms with E-state index in [1.54, 1.807) is 6.07 Å². The van der Waals surface area contributed by atoms with E-state index in [-0.39, 0.29) is 17.6 Å². The summed E-state index contributed by atoms with van der Waals surface area (Å²) in [6, 6.07) is 7.77. The number of halogens is 1. The fraction of sp³-hybridized carbons (Fsp3) is 0.333. The molecule has 0 spiro atoms. The van der Waals surface area contributed by atoms with Crippen LogP contribution in [0.5, 0.6) is 0 Å². The predicted molar refractivity (Wildman–Crippen MR) is 92.9 cm³/mol. The Kier molecular flexibility index (Phi) is 5.11. The summed E-state index contributed by atoms with van der Waals surface area (Å²) in [5, 5.41) is 10.9. The molecule has 2 aromatic heterocycles. The first kappa shape index (κ1) is 17.8. The Bertz CT molecular complexity index is 918. The summed E-state index contributed by atoms with van der Waals surface area (Å²) in [4.78, 5) is 16.2. The zero-order valence-electron chi connectivity index (χ0n) is 14.9. The molecule has 0 bridgehead atoms. The Morgan fingerprint density at radius 2 is 2.15 bits per heavy atom. The van der Waals surface area contributed by atoms with Gasteiger partial charge in [0.05, 0.1) is 5.69 Å². The minimum Gasteiger partial charge on any atom is -0.349 e. The third-order valence-electron chi connectivity index (χ3n) is 3.90. The quantitative estimate of drug-likeness (QED) is 0.733. The van der Waals surface area contributed by atoms with Gasteiger partial charge < -0.3 is 9.84 Å². The smallest absolute Gasteiger partial charge is 0.292 e. The summed E-state index contributed by atoms with van der Waals surface area (Å²) in [5.41, 5.74) is 2.48. The van der Waals surface area contributed by atoms with Crippen LogP contribution in [0.15, 0.2) is 34.9 Å². The van der Waals surface area contributed by atoms with Gasteiger partial charge in [-0.3, -0.25) is 9.48 Å². The van der Waals surface area contributed by atoms with Crippen molar-refractivity contribution in [3.8, 4) is 11.5 Å². The molecule has 1 N–H and O–H groups in total. The second-order valence-corrected chi connectivity index (χ2v) is 6.36. The first-order valence-corrected chi connectivity index (χ1v) is 8.31. The van der Waals surface area contributed by atoms with Crippen LogP contribution in [0.3, 0.4) is 0 Å². The van der Waals surface area contributed by atoms with Crippen molar-refractivity contribution < 1.29 is 13.7 Å². The van der Waals surface area contributed by atoms with E-state index in [9.17, 15) is 9.18 Å². The molecule has 136 valence electrons. The van der Waals surface area contributed by atoms with Crippen LogP contribution in [0.1, 0.15) is 28.9 Å². The maximum Gasteiger partial charge on any atom is 0.292 e. The summed E-state index contributed by atoms with van der Waals surface area (Å²) in [6.07, 6.45) is 0. The second-order valence-electron chi connectivity index (χ2n) is 6.36. The van der Waals surface area contributed by atoms with E-state index < -0.39 is 11.7 Å². The molecule has 0 saturated carbocycles. The van der Waals surface area contributed by atoms with Crippen LogP contribution in [0, 0.1) is 25.6 Å². The van der Waals surface area contributed by atoms with Gasteiger partial charge >= 0.3 is 0 Å². The molecule has 3 aromatic rings. The maximum atomic E-state index is 13.3. The number of rotatable bonds is 6. The number of hydrogen-bond acceptors (Lipinski definition) is 5. The van der Waals surface area contributed by atoms with Crippen LogP contribution < -0.4 is 5.32 Å². The van der Waals surface area contributed by atoms with Gasteiger partial charge in [0, 0.05) is 24.3 Å². The monoisotopic (exact) mass is 357 g/mol. The summed E-state index contributed by atoms with van der Waals surface area (Å²) in [7, 11) is 0. The van der Waals surface area contributed by atoms with Crippen molar-refractivity contribution in [2.75, 3.05) is 6.54 Å². The van der Waals surface area contributed by atoms with E-state index in [2.05, 4.69) is 20.6 Å². The Morgan fingerprint density at radius 1 is 1.35 bits per heavy atom. The van der Waals surface area contributed by atoms with Crippen LogP contribution in [0.4, 0.5) is 4.39 Å². The fourth-order valence-electron chi connectivity index (χ4n) is 2.62. The number of carbonyl (C=O) groups excluding carboxylic acids is 1. The van der Waals surface area contributed by atoms with E-state index in [1.807, 2.05) is 31.5 Å². The van der Waals surface area contributed by atoms with Gasteiger partial charge in [-0.15, -0.1) is 0 Å². The molecule has 26 heavy (non-hydrogen) atoms. The maximum absolute atomic E-state index is 13.3. The van der Waals surface area contributed by atoms with Gasteiger partial charge in [-0.1, -0.05) is 18.1 Å². The lowest BCUT2D eigenvalue weighted by Crippen LogP contribution is -2.31. The SMILES string of the molecule is Cc1cc(C)n(CC(C)CNC(=O)c2noc(-c3cccc(F)c3)n2)n1. The minimum atomic E-state index is -0.434. The number of nitrogens with zero attached hydrogens (tertiary/aromatic N) is 4. The Morgan fingerprint density at radius 3 is 2.85 bits per heavy atom. The lowest BCUT2D eigenvalue weighted by atomic mass is 10.2. The molecule has 0 radical (unpaired) electrons. The van der Waals surface area contributed by atoms with Crippen molar-refractivity contribution in [1.29, 1.82) is 0 Å². The molecule has 8 heteroatoms. The van der Waals surface area contributed by atoms with E-state index in [1.165, 1.54) is 18.2 Å². The highest BCUT2D eigenvalue weighted by Crippen LogP contribution is 2.17. The zero-order valence-corrected chi connectivity index (χ0v) is 14.9. The Labute approximate surface area is 150 Å². The fourth-order valence-corrected chi connectivity index (χ4v) is 2.62. The van der Waals surface area contributed by atoms with Crippen molar-refractivity contribution in [3.05, 3.63) is 53.4 Å². The molecule has 1 atom stereocenters. The van der Waals surface area contributed by atoms with E-state index >= 15 is 0 Å². The van der Waals surface area contributed by atoms with Crippen molar-refractivity contribution in [1.82, 2.24) is 25.2 Å². The Balaban J connectivity index is 1.57. The van der Waals surface area contributed by atoms with Gasteiger partial charge in [0.2, 0.25) is 0 Å². The second kappa shape index (κ2) is 7.47. The van der Waals surface area contributed by atoms with E-state index in [0.717, 1.165) is 11.4 Å². The third kappa shape index (κ3) is 4.14. The molecule has 0 aliphatic rings. The molecular weight excluding hydrogens is 337 g/mol. The molecular formula is C18H20FN5O2. The van der Waals surface area contributed by atoms with Crippen LogP contribution in [0.2, 0.25) is 0 Å². The lowest BCUT2D eigenvalue weighted by molar-refractivity contribution is 0.0933. The van der Waals surface area contributed by atoms with Gasteiger partial charge in [0.15, 0.2) is 0 Å². The molecule has 1 unspecified atom stereocenters. The van der Waals surface area contributed by atoms with Crippen molar-refractivity contribution in [2.24, 2.45) is 5.92 Å². The van der Waals surface area contributed by atoms with Crippen molar-refractivity contribution in [2.45, 2.75) is 27.3 Å². The highest BCUT2D eigenvalue weighted by molar-refractivity contribution is 5.90. The molecule has 2 heterocycles. The largest absolute Gasteiger partial charge is 0.349 e. The molecule has 0 aliphatic carbocycles. The number of amides is 1. The summed E-state index contributed by atoms with van der Waals surface area (Å²) in [5.74, 6) is -0.652.